The van der Waals surface area contributed by atoms with E-state index in [-0.39, 0.29) is 11.5 Å². The van der Waals surface area contributed by atoms with Crippen molar-refractivity contribution >= 4 is 18.0 Å². The van der Waals surface area contributed by atoms with Gasteiger partial charge in [-0.25, -0.2) is 4.79 Å². The summed E-state index contributed by atoms with van der Waals surface area (Å²) in [5, 5.41) is 8.98. The van der Waals surface area contributed by atoms with Crippen LogP contribution in [-0.4, -0.2) is 17.0 Å². The zero-order valence-corrected chi connectivity index (χ0v) is 16.0. The van der Waals surface area contributed by atoms with Gasteiger partial charge in [0.25, 0.3) is 0 Å². The molecule has 4 heteroatoms. The Hall–Kier alpha value is -3.66. The molecule has 0 spiro atoms. The van der Waals surface area contributed by atoms with Crippen LogP contribution in [0.1, 0.15) is 27.0 Å². The molecule has 0 aliphatic heterocycles. The molecule has 3 aromatic carbocycles. The quantitative estimate of drug-likeness (QED) is 0.499. The van der Waals surface area contributed by atoms with E-state index in [4.69, 9.17) is 9.84 Å². The number of rotatable bonds is 4. The van der Waals surface area contributed by atoms with Crippen LogP contribution in [0.3, 0.4) is 0 Å². The summed E-state index contributed by atoms with van der Waals surface area (Å²) in [4.78, 5) is 23.7. The van der Waals surface area contributed by atoms with E-state index in [9.17, 15) is 9.59 Å². The minimum Gasteiger partial charge on any atom is -0.478 e. The lowest BCUT2D eigenvalue weighted by atomic mass is 9.82. The highest BCUT2D eigenvalue weighted by Gasteiger charge is 2.25. The fourth-order valence-corrected chi connectivity index (χ4v) is 3.64. The molecule has 1 unspecified atom stereocenters. The van der Waals surface area contributed by atoms with E-state index >= 15 is 0 Å². The van der Waals surface area contributed by atoms with E-state index in [1.165, 1.54) is 29.8 Å². The van der Waals surface area contributed by atoms with E-state index in [0.29, 0.717) is 12.2 Å². The molecule has 0 radical (unpaired) electrons. The second kappa shape index (κ2) is 7.76. The number of carboxylic acids is 1. The molecule has 144 valence electrons. The number of carbonyl (C=O) groups excluding carboxylic acids is 1. The Morgan fingerprint density at radius 2 is 1.69 bits per heavy atom. The summed E-state index contributed by atoms with van der Waals surface area (Å²) in [7, 11) is 0. The maximum Gasteiger partial charge on any atom is 0.335 e. The summed E-state index contributed by atoms with van der Waals surface area (Å²) in [6.07, 6.45) is 4.45. The molecule has 1 N–H and O–H groups in total. The average molecular weight is 384 g/mol. The molecule has 4 rings (SSSR count). The van der Waals surface area contributed by atoms with Gasteiger partial charge in [-0.1, -0.05) is 54.6 Å². The van der Waals surface area contributed by atoms with Crippen LogP contribution in [0.4, 0.5) is 0 Å². The smallest absolute Gasteiger partial charge is 0.335 e. The monoisotopic (exact) mass is 384 g/mol. The number of aromatic carboxylic acids is 1. The number of aryl methyl sites for hydroxylation is 1. The minimum absolute atomic E-state index is 0.152. The maximum absolute atomic E-state index is 12.7. The molecular weight excluding hydrogens is 364 g/mol. The maximum atomic E-state index is 12.7. The summed E-state index contributed by atoms with van der Waals surface area (Å²) in [6.45, 7) is 2.07. The highest BCUT2D eigenvalue weighted by molar-refractivity contribution is 5.88. The first-order valence-electron chi connectivity index (χ1n) is 9.44. The van der Waals surface area contributed by atoms with Crippen molar-refractivity contribution in [2.24, 2.45) is 5.92 Å². The normalized spacial score (nSPS) is 14.9. The molecule has 1 atom stereocenters. The lowest BCUT2D eigenvalue weighted by Gasteiger charge is -2.23. The van der Waals surface area contributed by atoms with Crippen LogP contribution in [0, 0.1) is 12.8 Å². The molecule has 0 bridgehead atoms. The molecule has 3 aromatic rings. The summed E-state index contributed by atoms with van der Waals surface area (Å²) in [5.41, 5.74) is 5.86. The third kappa shape index (κ3) is 3.83. The van der Waals surface area contributed by atoms with Crippen LogP contribution in [0.5, 0.6) is 5.75 Å². The van der Waals surface area contributed by atoms with E-state index in [2.05, 4.69) is 31.2 Å². The number of hydrogen-bond acceptors (Lipinski definition) is 3. The topological polar surface area (TPSA) is 63.6 Å². The molecule has 0 saturated carbocycles. The van der Waals surface area contributed by atoms with Crippen LogP contribution in [0.25, 0.3) is 17.2 Å². The Kier molecular flexibility index (Phi) is 5.00. The summed E-state index contributed by atoms with van der Waals surface area (Å²) >= 11 is 0. The van der Waals surface area contributed by atoms with Crippen molar-refractivity contribution in [3.05, 3.63) is 95.1 Å². The Morgan fingerprint density at radius 1 is 0.966 bits per heavy atom. The number of esters is 1. The third-order valence-electron chi connectivity index (χ3n) is 5.20. The minimum atomic E-state index is -1.02. The highest BCUT2D eigenvalue weighted by atomic mass is 16.5. The molecule has 1 aliphatic rings. The summed E-state index contributed by atoms with van der Waals surface area (Å²) < 4.78 is 5.50. The summed E-state index contributed by atoms with van der Waals surface area (Å²) in [6, 6.07) is 20.2. The Bertz CT molecular complexity index is 1100. The second-order valence-electron chi connectivity index (χ2n) is 7.11. The van der Waals surface area contributed by atoms with E-state index in [1.807, 2.05) is 30.4 Å². The largest absolute Gasteiger partial charge is 0.478 e. The van der Waals surface area contributed by atoms with Crippen LogP contribution < -0.4 is 4.74 Å². The Morgan fingerprint density at radius 3 is 2.38 bits per heavy atom. The lowest BCUT2D eigenvalue weighted by molar-refractivity contribution is -0.137. The molecule has 4 nitrogen and oxygen atoms in total. The van der Waals surface area contributed by atoms with Gasteiger partial charge in [0.15, 0.2) is 0 Å². The molecule has 0 fully saturated rings. The Labute approximate surface area is 169 Å². The van der Waals surface area contributed by atoms with Gasteiger partial charge in [-0.05, 0) is 65.4 Å². The first-order chi connectivity index (χ1) is 14.0. The van der Waals surface area contributed by atoms with Crippen molar-refractivity contribution in [2.45, 2.75) is 13.3 Å². The van der Waals surface area contributed by atoms with Gasteiger partial charge >= 0.3 is 11.9 Å². The number of hydrogen-bond donors (Lipinski definition) is 1. The highest BCUT2D eigenvalue weighted by Crippen LogP contribution is 2.35. The molecule has 29 heavy (non-hydrogen) atoms. The van der Waals surface area contributed by atoms with Crippen molar-refractivity contribution in [2.75, 3.05) is 0 Å². The standard InChI is InChI=1S/C25H20O4/c1-16-7-13-22(17-5-3-2-4-6-17)23-15-19(10-14-21(16)23)25(28)29-20-11-8-18(9-12-20)24(26)27/h2-14,19H,15H2,1H3,(H,26,27). The van der Waals surface area contributed by atoms with E-state index in [1.54, 1.807) is 0 Å². The van der Waals surface area contributed by atoms with Crippen molar-refractivity contribution in [1.82, 2.24) is 0 Å². The predicted octanol–water partition coefficient (Wildman–Crippen LogP) is 5.15. The molecule has 1 aliphatic carbocycles. The number of benzene rings is 3. The molecule has 0 amide bonds. The first-order valence-corrected chi connectivity index (χ1v) is 9.44. The van der Waals surface area contributed by atoms with Crippen molar-refractivity contribution in [1.29, 1.82) is 0 Å². The zero-order chi connectivity index (χ0) is 20.4. The zero-order valence-electron chi connectivity index (χ0n) is 16.0. The van der Waals surface area contributed by atoms with Gasteiger partial charge in [0.2, 0.25) is 0 Å². The van der Waals surface area contributed by atoms with Crippen molar-refractivity contribution < 1.29 is 19.4 Å². The number of ether oxygens (including phenoxy) is 1. The van der Waals surface area contributed by atoms with Gasteiger partial charge in [-0.2, -0.15) is 0 Å². The third-order valence-corrected chi connectivity index (χ3v) is 5.20. The number of carboxylic acid groups (broad SMARTS) is 1. The van der Waals surface area contributed by atoms with E-state index < -0.39 is 11.9 Å². The van der Waals surface area contributed by atoms with Crippen LogP contribution >= 0.6 is 0 Å². The molecule has 0 aromatic heterocycles. The average Bonchev–Trinajstić information content (AvgIpc) is 2.75. The van der Waals surface area contributed by atoms with Crippen LogP contribution in [0.2, 0.25) is 0 Å². The van der Waals surface area contributed by atoms with Gasteiger partial charge in [0.1, 0.15) is 5.75 Å². The molecule has 0 saturated heterocycles. The van der Waals surface area contributed by atoms with Gasteiger partial charge in [-0.3, -0.25) is 4.79 Å². The van der Waals surface area contributed by atoms with Gasteiger partial charge in [0, 0.05) is 0 Å². The van der Waals surface area contributed by atoms with Crippen molar-refractivity contribution in [3.8, 4) is 16.9 Å². The van der Waals surface area contributed by atoms with Gasteiger partial charge in [0.05, 0.1) is 11.5 Å². The van der Waals surface area contributed by atoms with E-state index in [0.717, 1.165) is 22.3 Å². The predicted molar refractivity (Wildman–Crippen MR) is 112 cm³/mol. The number of fused-ring (bicyclic) bond motifs is 1. The lowest BCUT2D eigenvalue weighted by Crippen LogP contribution is -2.23. The summed E-state index contributed by atoms with van der Waals surface area (Å²) in [5.74, 6) is -1.42. The molecular formula is C25H20O4. The van der Waals surface area contributed by atoms with Gasteiger partial charge in [-0.15, -0.1) is 0 Å². The fourth-order valence-electron chi connectivity index (χ4n) is 3.64. The molecule has 0 heterocycles. The van der Waals surface area contributed by atoms with Gasteiger partial charge < -0.3 is 9.84 Å². The first kappa shape index (κ1) is 18.7. The van der Waals surface area contributed by atoms with Crippen molar-refractivity contribution in [3.63, 3.8) is 0 Å². The SMILES string of the molecule is Cc1ccc(-c2ccccc2)c2c1C=CC(C(=O)Oc1ccc(C(=O)O)cc1)C2. The Balaban J connectivity index is 1.59. The number of carbonyl (C=O) groups is 2. The second-order valence-corrected chi connectivity index (χ2v) is 7.11. The van der Waals surface area contributed by atoms with Crippen LogP contribution in [-0.2, 0) is 11.2 Å². The van der Waals surface area contributed by atoms with Crippen LogP contribution in [0.15, 0.2) is 72.8 Å². The fraction of sp³-hybridized carbons (Fsp3) is 0.120.